The lowest BCUT2D eigenvalue weighted by molar-refractivity contribution is -0.137. The summed E-state index contributed by atoms with van der Waals surface area (Å²) in [5.74, 6) is -0.665. The molecule has 20 heavy (non-hydrogen) atoms. The zero-order chi connectivity index (χ0) is 15.1. The summed E-state index contributed by atoms with van der Waals surface area (Å²) in [6.45, 7) is 1.84. The van der Waals surface area contributed by atoms with E-state index in [1.54, 1.807) is 6.07 Å². The van der Waals surface area contributed by atoms with Crippen molar-refractivity contribution in [2.45, 2.75) is 17.9 Å². The van der Waals surface area contributed by atoms with E-state index in [4.69, 9.17) is 0 Å². The molecule has 1 unspecified atom stereocenters. The molecular formula is C13H8Br2F4S. The van der Waals surface area contributed by atoms with Crippen LogP contribution in [-0.4, -0.2) is 0 Å². The largest absolute Gasteiger partial charge is 0.416 e. The Balaban J connectivity index is 2.49. The molecule has 0 aliphatic carbocycles. The Hall–Kier alpha value is -0.400. The monoisotopic (exact) mass is 430 g/mol. The summed E-state index contributed by atoms with van der Waals surface area (Å²) in [5.41, 5.74) is -0.126. The first-order chi connectivity index (χ1) is 9.20. The molecule has 0 spiro atoms. The lowest BCUT2D eigenvalue weighted by Gasteiger charge is -2.14. The molecule has 2 rings (SSSR count). The highest BCUT2D eigenvalue weighted by molar-refractivity contribution is 9.11. The van der Waals surface area contributed by atoms with Gasteiger partial charge >= 0.3 is 6.18 Å². The van der Waals surface area contributed by atoms with E-state index < -0.39 is 22.4 Å². The van der Waals surface area contributed by atoms with Gasteiger partial charge in [-0.2, -0.15) is 13.2 Å². The second kappa shape index (κ2) is 5.77. The predicted molar refractivity (Wildman–Crippen MR) is 78.9 cm³/mol. The van der Waals surface area contributed by atoms with E-state index in [0.29, 0.717) is 0 Å². The highest BCUT2D eigenvalue weighted by Gasteiger charge is 2.32. The summed E-state index contributed by atoms with van der Waals surface area (Å²) in [5, 5.41) is 0. The lowest BCUT2D eigenvalue weighted by atomic mass is 10.0. The van der Waals surface area contributed by atoms with Gasteiger partial charge < -0.3 is 0 Å². The van der Waals surface area contributed by atoms with Gasteiger partial charge in [0.1, 0.15) is 5.82 Å². The maximum atomic E-state index is 13.8. The minimum absolute atomic E-state index is 0.0202. The first kappa shape index (κ1) is 16.0. The SMILES string of the molecule is Cc1sc(Br)cc1C(Br)c1cc(C(F)(F)F)ccc1F. The summed E-state index contributed by atoms with van der Waals surface area (Å²) < 4.78 is 52.8. The van der Waals surface area contributed by atoms with Gasteiger partial charge in [-0.1, -0.05) is 15.9 Å². The molecular weight excluding hydrogens is 424 g/mol. The molecule has 7 heteroatoms. The first-order valence-corrected chi connectivity index (χ1v) is 7.99. The van der Waals surface area contributed by atoms with Crippen LogP contribution >= 0.6 is 43.2 Å². The van der Waals surface area contributed by atoms with Crippen LogP contribution in [0.3, 0.4) is 0 Å². The average molecular weight is 432 g/mol. The van der Waals surface area contributed by atoms with Gasteiger partial charge in [0.05, 0.1) is 14.2 Å². The summed E-state index contributed by atoms with van der Waals surface area (Å²) >= 11 is 8.05. The topological polar surface area (TPSA) is 0 Å². The van der Waals surface area contributed by atoms with E-state index in [2.05, 4.69) is 31.9 Å². The smallest absolute Gasteiger partial charge is 0.207 e. The van der Waals surface area contributed by atoms with Crippen LogP contribution in [0.2, 0.25) is 0 Å². The highest BCUT2D eigenvalue weighted by atomic mass is 79.9. The quantitative estimate of drug-likeness (QED) is 0.378. The van der Waals surface area contributed by atoms with Crippen LogP contribution in [0.5, 0.6) is 0 Å². The van der Waals surface area contributed by atoms with Crippen molar-refractivity contribution in [1.82, 2.24) is 0 Å². The molecule has 0 aliphatic heterocycles. The first-order valence-electron chi connectivity index (χ1n) is 5.46. The van der Waals surface area contributed by atoms with Gasteiger partial charge in [-0.3, -0.25) is 0 Å². The Bertz CT molecular complexity index is 634. The van der Waals surface area contributed by atoms with Crippen LogP contribution in [-0.2, 0) is 6.18 Å². The third-order valence-electron chi connectivity index (χ3n) is 2.80. The minimum atomic E-state index is -4.49. The van der Waals surface area contributed by atoms with Gasteiger partial charge in [0.15, 0.2) is 0 Å². The van der Waals surface area contributed by atoms with Crippen molar-refractivity contribution in [3.63, 3.8) is 0 Å². The maximum absolute atomic E-state index is 13.8. The molecule has 0 radical (unpaired) electrons. The molecule has 0 N–H and O–H groups in total. The minimum Gasteiger partial charge on any atom is -0.207 e. The van der Waals surface area contributed by atoms with Crippen molar-refractivity contribution in [3.05, 3.63) is 55.4 Å². The molecule has 0 nitrogen and oxygen atoms in total. The number of halogens is 6. The molecule has 0 saturated heterocycles. The van der Waals surface area contributed by atoms with Gasteiger partial charge in [0.2, 0.25) is 0 Å². The molecule has 0 saturated carbocycles. The Kier molecular flexibility index (Phi) is 4.61. The highest BCUT2D eigenvalue weighted by Crippen LogP contribution is 2.41. The molecule has 0 fully saturated rings. The summed E-state index contributed by atoms with van der Waals surface area (Å²) in [6.07, 6.45) is -4.49. The van der Waals surface area contributed by atoms with Gasteiger partial charge in [-0.25, -0.2) is 4.39 Å². The van der Waals surface area contributed by atoms with Gasteiger partial charge in [0.25, 0.3) is 0 Å². The summed E-state index contributed by atoms with van der Waals surface area (Å²) in [7, 11) is 0. The number of aryl methyl sites for hydroxylation is 1. The molecule has 1 aromatic carbocycles. The van der Waals surface area contributed by atoms with Gasteiger partial charge in [-0.15, -0.1) is 11.3 Å². The molecule has 108 valence electrons. The van der Waals surface area contributed by atoms with Crippen molar-refractivity contribution in [2.24, 2.45) is 0 Å². The van der Waals surface area contributed by atoms with E-state index in [-0.39, 0.29) is 5.56 Å². The van der Waals surface area contributed by atoms with Crippen molar-refractivity contribution in [1.29, 1.82) is 0 Å². The lowest BCUT2D eigenvalue weighted by Crippen LogP contribution is -2.07. The van der Waals surface area contributed by atoms with Crippen molar-refractivity contribution < 1.29 is 17.6 Å². The van der Waals surface area contributed by atoms with Crippen LogP contribution in [0, 0.1) is 12.7 Å². The van der Waals surface area contributed by atoms with Crippen molar-refractivity contribution in [2.75, 3.05) is 0 Å². The standard InChI is InChI=1S/C13H8Br2F4S/c1-6-8(5-11(14)20-6)12(15)9-4-7(13(17,18)19)2-3-10(9)16/h2-5,12H,1H3. The van der Waals surface area contributed by atoms with Gasteiger partial charge in [0, 0.05) is 10.4 Å². The summed E-state index contributed by atoms with van der Waals surface area (Å²) in [6, 6.07) is 4.22. The van der Waals surface area contributed by atoms with Crippen LogP contribution in [0.25, 0.3) is 0 Å². The Morgan fingerprint density at radius 3 is 2.30 bits per heavy atom. The fourth-order valence-electron chi connectivity index (χ4n) is 1.79. The van der Waals surface area contributed by atoms with Crippen molar-refractivity contribution in [3.8, 4) is 0 Å². The van der Waals surface area contributed by atoms with Crippen LogP contribution in [0.1, 0.15) is 26.4 Å². The third kappa shape index (κ3) is 3.26. The number of hydrogen-bond acceptors (Lipinski definition) is 1. The number of rotatable bonds is 2. The maximum Gasteiger partial charge on any atom is 0.416 e. The Morgan fingerprint density at radius 2 is 1.80 bits per heavy atom. The van der Waals surface area contributed by atoms with Crippen molar-refractivity contribution >= 4 is 43.2 Å². The van der Waals surface area contributed by atoms with E-state index in [0.717, 1.165) is 32.4 Å². The molecule has 1 atom stereocenters. The third-order valence-corrected chi connectivity index (χ3v) is 5.35. The zero-order valence-electron chi connectivity index (χ0n) is 10.1. The second-order valence-electron chi connectivity index (χ2n) is 4.16. The van der Waals surface area contributed by atoms with Crippen LogP contribution in [0.15, 0.2) is 28.1 Å². The Morgan fingerprint density at radius 1 is 1.15 bits per heavy atom. The molecule has 2 aromatic rings. The number of hydrogen-bond donors (Lipinski definition) is 0. The molecule has 1 aromatic heterocycles. The molecule has 1 heterocycles. The van der Waals surface area contributed by atoms with E-state index in [1.165, 1.54) is 11.3 Å². The fraction of sp³-hybridized carbons (Fsp3) is 0.231. The Labute approximate surface area is 134 Å². The fourth-order valence-corrected chi connectivity index (χ4v) is 4.52. The normalized spacial score (nSPS) is 13.6. The van der Waals surface area contributed by atoms with Crippen LogP contribution in [0.4, 0.5) is 17.6 Å². The van der Waals surface area contributed by atoms with E-state index >= 15 is 0 Å². The van der Waals surface area contributed by atoms with Gasteiger partial charge in [-0.05, 0) is 52.7 Å². The molecule has 0 bridgehead atoms. The zero-order valence-corrected chi connectivity index (χ0v) is 14.1. The number of benzene rings is 1. The summed E-state index contributed by atoms with van der Waals surface area (Å²) in [4.78, 5) is 0.294. The van der Waals surface area contributed by atoms with E-state index in [9.17, 15) is 17.6 Å². The molecule has 0 aliphatic rings. The average Bonchev–Trinajstić information content (AvgIpc) is 2.66. The second-order valence-corrected chi connectivity index (χ2v) is 7.71. The van der Waals surface area contributed by atoms with Crippen LogP contribution < -0.4 is 0 Å². The number of alkyl halides is 4. The number of thiophene rings is 1. The predicted octanol–water partition coefficient (Wildman–Crippen LogP) is 6.46. The van der Waals surface area contributed by atoms with E-state index in [1.807, 2.05) is 6.92 Å². The molecule has 0 amide bonds.